The van der Waals surface area contributed by atoms with Gasteiger partial charge in [0.2, 0.25) is 5.89 Å². The minimum atomic E-state index is -0.828. The number of halogens is 1. The van der Waals surface area contributed by atoms with E-state index >= 15 is 0 Å². The van der Waals surface area contributed by atoms with Gasteiger partial charge < -0.3 is 19.0 Å². The summed E-state index contributed by atoms with van der Waals surface area (Å²) in [7, 11) is 0. The maximum absolute atomic E-state index is 12.6. The summed E-state index contributed by atoms with van der Waals surface area (Å²) in [5, 5.41) is 6.90. The Labute approximate surface area is 178 Å². The minimum absolute atomic E-state index is 0.187. The number of aromatic nitrogens is 2. The minimum Gasteiger partial charge on any atom is -0.486 e. The van der Waals surface area contributed by atoms with Crippen LogP contribution in [0.15, 0.2) is 49.8 Å². The third-order valence-corrected chi connectivity index (χ3v) is 4.66. The van der Waals surface area contributed by atoms with Crippen LogP contribution in [-0.4, -0.2) is 16.0 Å². The van der Waals surface area contributed by atoms with Crippen molar-refractivity contribution >= 4 is 21.8 Å². The second kappa shape index (κ2) is 8.02. The van der Waals surface area contributed by atoms with Crippen molar-refractivity contribution in [3.05, 3.63) is 64.1 Å². The third kappa shape index (κ3) is 5.26. The van der Waals surface area contributed by atoms with Crippen LogP contribution in [0, 0.1) is 0 Å². The van der Waals surface area contributed by atoms with Gasteiger partial charge in [0.05, 0.1) is 5.54 Å². The molecule has 29 heavy (non-hydrogen) atoms. The predicted octanol–water partition coefficient (Wildman–Crippen LogP) is 4.97. The Bertz CT molecular complexity index is 984. The number of nitrogens with one attached hydrogen (secondary N) is 1. The molecule has 0 radical (unpaired) electrons. The lowest BCUT2D eigenvalue weighted by Crippen LogP contribution is -2.41. The van der Waals surface area contributed by atoms with Crippen LogP contribution in [0.3, 0.4) is 0 Å². The van der Waals surface area contributed by atoms with Gasteiger partial charge in [-0.3, -0.25) is 4.79 Å². The number of hydrogen-bond acceptors (Lipinski definition) is 6. The van der Waals surface area contributed by atoms with E-state index in [1.165, 1.54) is 0 Å². The normalized spacial score (nSPS) is 12.1. The monoisotopic (exact) mass is 461 g/mol. The van der Waals surface area contributed by atoms with Gasteiger partial charge in [0.1, 0.15) is 18.1 Å². The molecule has 2 heterocycles. The Morgan fingerprint density at radius 3 is 2.41 bits per heavy atom. The van der Waals surface area contributed by atoms with Crippen molar-refractivity contribution in [1.82, 2.24) is 15.5 Å². The maximum Gasteiger partial charge on any atom is 0.287 e. The van der Waals surface area contributed by atoms with Crippen molar-refractivity contribution in [3.63, 3.8) is 0 Å². The number of benzene rings is 1. The molecule has 0 saturated heterocycles. The van der Waals surface area contributed by atoms with Crippen LogP contribution >= 0.6 is 15.9 Å². The molecule has 2 aromatic heterocycles. The molecule has 0 unspecified atom stereocenters. The maximum atomic E-state index is 12.6. The summed E-state index contributed by atoms with van der Waals surface area (Å²) in [5.74, 6) is 1.99. The van der Waals surface area contributed by atoms with Crippen molar-refractivity contribution in [2.45, 2.75) is 52.2 Å². The van der Waals surface area contributed by atoms with Crippen LogP contribution < -0.4 is 10.1 Å². The molecule has 8 heteroatoms. The molecule has 3 aromatic rings. The summed E-state index contributed by atoms with van der Waals surface area (Å²) < 4.78 is 17.6. The molecule has 0 saturated carbocycles. The highest BCUT2D eigenvalue weighted by Crippen LogP contribution is 2.24. The molecule has 0 aliphatic carbocycles. The number of hydrogen-bond donors (Lipinski definition) is 1. The number of amides is 1. The van der Waals surface area contributed by atoms with E-state index in [1.54, 1.807) is 12.1 Å². The average Bonchev–Trinajstić information content (AvgIpc) is 3.31. The molecule has 0 aliphatic rings. The van der Waals surface area contributed by atoms with E-state index in [4.69, 9.17) is 13.7 Å². The molecule has 3 rings (SSSR count). The molecule has 1 amide bonds. The van der Waals surface area contributed by atoms with Gasteiger partial charge in [0.15, 0.2) is 11.6 Å². The number of carbonyl (C=O) groups excluding carboxylic acids is 1. The van der Waals surface area contributed by atoms with Gasteiger partial charge in [0.25, 0.3) is 5.91 Å². The molecule has 154 valence electrons. The Kier molecular flexibility index (Phi) is 5.84. The van der Waals surface area contributed by atoms with Crippen LogP contribution in [0.2, 0.25) is 0 Å². The highest BCUT2D eigenvalue weighted by atomic mass is 79.9. The summed E-state index contributed by atoms with van der Waals surface area (Å²) in [5.41, 5.74) is -1.10. The highest BCUT2D eigenvalue weighted by molar-refractivity contribution is 9.10. The van der Waals surface area contributed by atoms with Gasteiger partial charge in [-0.2, -0.15) is 4.98 Å². The number of rotatable bonds is 6. The fourth-order valence-corrected chi connectivity index (χ4v) is 2.71. The summed E-state index contributed by atoms with van der Waals surface area (Å²) in [6.45, 7) is 9.78. The van der Waals surface area contributed by atoms with Crippen molar-refractivity contribution in [2.75, 3.05) is 0 Å². The summed E-state index contributed by atoms with van der Waals surface area (Å²) >= 11 is 3.38. The Balaban J connectivity index is 1.63. The zero-order chi connectivity index (χ0) is 21.2. The number of ether oxygens (including phenoxy) is 1. The van der Waals surface area contributed by atoms with Gasteiger partial charge >= 0.3 is 0 Å². The van der Waals surface area contributed by atoms with E-state index in [1.807, 2.05) is 58.9 Å². The zero-order valence-corrected chi connectivity index (χ0v) is 18.7. The van der Waals surface area contributed by atoms with E-state index in [-0.39, 0.29) is 23.7 Å². The average molecular weight is 462 g/mol. The summed E-state index contributed by atoms with van der Waals surface area (Å²) in [6, 6.07) is 10.8. The van der Waals surface area contributed by atoms with Crippen LogP contribution in [0.5, 0.6) is 5.75 Å². The topological polar surface area (TPSA) is 90.4 Å². The molecule has 0 fully saturated rings. The van der Waals surface area contributed by atoms with Crippen LogP contribution in [0.25, 0.3) is 0 Å². The van der Waals surface area contributed by atoms with Crippen LogP contribution in [0.4, 0.5) is 0 Å². The predicted molar refractivity (Wildman–Crippen MR) is 111 cm³/mol. The molecular weight excluding hydrogens is 438 g/mol. The van der Waals surface area contributed by atoms with Gasteiger partial charge in [0, 0.05) is 9.89 Å². The lowest BCUT2D eigenvalue weighted by molar-refractivity contribution is 0.0874. The smallest absolute Gasteiger partial charge is 0.287 e. The van der Waals surface area contributed by atoms with E-state index in [0.29, 0.717) is 23.2 Å². The zero-order valence-electron chi connectivity index (χ0n) is 17.1. The van der Waals surface area contributed by atoms with Crippen LogP contribution in [-0.2, 0) is 17.6 Å². The number of nitrogens with zero attached hydrogens (tertiary/aromatic N) is 2. The molecule has 0 aliphatic heterocycles. The van der Waals surface area contributed by atoms with Crippen LogP contribution in [0.1, 0.15) is 62.6 Å². The largest absolute Gasteiger partial charge is 0.486 e. The van der Waals surface area contributed by atoms with Crippen molar-refractivity contribution in [3.8, 4) is 5.75 Å². The lowest BCUT2D eigenvalue weighted by atomic mass is 9.97. The van der Waals surface area contributed by atoms with Crippen molar-refractivity contribution in [1.29, 1.82) is 0 Å². The SMILES string of the molecule is CC(C)(C)c1nc(C(C)(C)NC(=O)c2ccc(COc3ccc(Br)cc3)o2)no1. The molecule has 0 spiro atoms. The lowest BCUT2D eigenvalue weighted by Gasteiger charge is -2.21. The molecule has 1 N–H and O–H groups in total. The van der Waals surface area contributed by atoms with Crippen molar-refractivity contribution in [2.24, 2.45) is 0 Å². The standard InChI is InChI=1S/C21H24BrN3O4/c1-20(2,3)19-23-18(25-29-19)21(4,5)24-17(26)16-11-10-15(28-16)12-27-14-8-6-13(22)7-9-14/h6-11H,12H2,1-5H3,(H,24,26). The fraction of sp³-hybridized carbons (Fsp3) is 0.381. The molecule has 1 aromatic carbocycles. The number of carbonyl (C=O) groups is 1. The fourth-order valence-electron chi connectivity index (χ4n) is 2.45. The summed E-state index contributed by atoms with van der Waals surface area (Å²) in [6.07, 6.45) is 0. The highest BCUT2D eigenvalue weighted by Gasteiger charge is 2.32. The Morgan fingerprint density at radius 2 is 1.79 bits per heavy atom. The second-order valence-electron chi connectivity index (χ2n) is 8.26. The first kappa shape index (κ1) is 21.1. The van der Waals surface area contributed by atoms with Crippen molar-refractivity contribution < 1.29 is 18.5 Å². The van der Waals surface area contributed by atoms with Gasteiger partial charge in [-0.1, -0.05) is 41.9 Å². The summed E-state index contributed by atoms with van der Waals surface area (Å²) in [4.78, 5) is 17.1. The Hall–Kier alpha value is -2.61. The molecule has 0 bridgehead atoms. The van der Waals surface area contributed by atoms with E-state index in [0.717, 1.165) is 4.47 Å². The van der Waals surface area contributed by atoms with Gasteiger partial charge in [-0.15, -0.1) is 0 Å². The Morgan fingerprint density at radius 1 is 1.10 bits per heavy atom. The second-order valence-corrected chi connectivity index (χ2v) is 9.18. The molecule has 7 nitrogen and oxygen atoms in total. The molecular formula is C21H24BrN3O4. The first-order chi connectivity index (χ1) is 13.5. The van der Waals surface area contributed by atoms with E-state index in [9.17, 15) is 4.79 Å². The quantitative estimate of drug-likeness (QED) is 0.557. The first-order valence-corrected chi connectivity index (χ1v) is 9.98. The van der Waals surface area contributed by atoms with E-state index in [2.05, 4.69) is 31.4 Å². The van der Waals surface area contributed by atoms with Gasteiger partial charge in [-0.05, 0) is 50.2 Å². The third-order valence-electron chi connectivity index (χ3n) is 4.13. The molecule has 0 atom stereocenters. The first-order valence-electron chi connectivity index (χ1n) is 9.19. The number of furan rings is 1. The van der Waals surface area contributed by atoms with Gasteiger partial charge in [-0.25, -0.2) is 0 Å². The van der Waals surface area contributed by atoms with E-state index < -0.39 is 5.54 Å².